The fourth-order valence-electron chi connectivity index (χ4n) is 6.75. The van der Waals surface area contributed by atoms with Crippen LogP contribution in [0.15, 0.2) is 173 Å². The highest BCUT2D eigenvalue weighted by Crippen LogP contribution is 2.41. The van der Waals surface area contributed by atoms with Gasteiger partial charge in [-0.2, -0.15) is 0 Å². The predicted molar refractivity (Wildman–Crippen MR) is 193 cm³/mol. The third kappa shape index (κ3) is 5.05. The molecule has 7 aromatic carbocycles. The fraction of sp³-hybridized carbons (Fsp3) is 0.0465. The number of nitrogens with zero attached hydrogens (tertiary/aromatic N) is 1. The lowest BCUT2D eigenvalue weighted by Gasteiger charge is -2.32. The maximum Gasteiger partial charge on any atom is 0.136 e. The van der Waals surface area contributed by atoms with Gasteiger partial charge < -0.3 is 9.73 Å². The summed E-state index contributed by atoms with van der Waals surface area (Å²) >= 11 is 0. The first-order chi connectivity index (χ1) is 23.3. The van der Waals surface area contributed by atoms with Crippen LogP contribution in [0.1, 0.15) is 29.0 Å². The molecule has 4 heteroatoms. The van der Waals surface area contributed by atoms with E-state index in [2.05, 4.69) is 162 Å². The molecule has 224 valence electrons. The molecule has 0 aliphatic carbocycles. The molecule has 0 fully saturated rings. The second-order valence-electron chi connectivity index (χ2n) is 12.1. The van der Waals surface area contributed by atoms with Crippen molar-refractivity contribution in [3.63, 3.8) is 0 Å². The van der Waals surface area contributed by atoms with Crippen molar-refractivity contribution in [2.45, 2.75) is 12.3 Å². The van der Waals surface area contributed by atoms with E-state index >= 15 is 0 Å². The number of rotatable bonds is 5. The second-order valence-corrected chi connectivity index (χ2v) is 12.1. The van der Waals surface area contributed by atoms with Crippen LogP contribution < -0.4 is 10.6 Å². The smallest absolute Gasteiger partial charge is 0.136 e. The Morgan fingerprint density at radius 2 is 1.13 bits per heavy atom. The highest BCUT2D eigenvalue weighted by molar-refractivity contribution is 6.16. The number of aliphatic imine (C=N–C) groups is 1. The molecule has 9 rings (SSSR count). The summed E-state index contributed by atoms with van der Waals surface area (Å²) < 4.78 is 6.58. The van der Waals surface area contributed by atoms with Crippen LogP contribution in [-0.2, 0) is 0 Å². The maximum atomic E-state index is 6.58. The Morgan fingerprint density at radius 3 is 1.85 bits per heavy atom. The summed E-state index contributed by atoms with van der Waals surface area (Å²) in [5.74, 6) is 0.877. The van der Waals surface area contributed by atoms with Crippen LogP contribution in [0.25, 0.3) is 55.0 Å². The number of benzene rings is 7. The third-order valence-electron chi connectivity index (χ3n) is 9.13. The molecule has 2 heterocycles. The standard InChI is InChI=1S/C43H31N3O/c1-4-12-28(13-5-1)35-25-36(40-37-24-33-18-10-11-19-34(33)26-38(37)47-39(40)27-35)29-20-22-32(23-21-29)43-45-41(30-14-6-2-7-15-30)44-42(46-43)31-16-8-3-9-17-31/h1-27,41,43,45H,(H,44,46). The first-order valence-electron chi connectivity index (χ1n) is 16.0. The molecule has 0 saturated heterocycles. The molecule has 0 radical (unpaired) electrons. The van der Waals surface area contributed by atoms with Crippen LogP contribution in [0.2, 0.25) is 0 Å². The molecule has 2 unspecified atom stereocenters. The largest absolute Gasteiger partial charge is 0.456 e. The minimum atomic E-state index is -0.174. The van der Waals surface area contributed by atoms with Gasteiger partial charge in [0.15, 0.2) is 0 Å². The van der Waals surface area contributed by atoms with E-state index in [1.807, 2.05) is 12.1 Å². The zero-order valence-corrected chi connectivity index (χ0v) is 25.6. The summed E-state index contributed by atoms with van der Waals surface area (Å²) in [6.45, 7) is 0. The molecule has 1 aliphatic rings. The first-order valence-corrected chi connectivity index (χ1v) is 16.0. The van der Waals surface area contributed by atoms with E-state index in [4.69, 9.17) is 9.41 Å². The normalized spacial score (nSPS) is 16.3. The van der Waals surface area contributed by atoms with Gasteiger partial charge in [0.05, 0.1) is 0 Å². The lowest BCUT2D eigenvalue weighted by molar-refractivity contribution is 0.409. The van der Waals surface area contributed by atoms with Crippen LogP contribution >= 0.6 is 0 Å². The Labute approximate surface area is 273 Å². The van der Waals surface area contributed by atoms with Gasteiger partial charge in [-0.05, 0) is 68.4 Å². The van der Waals surface area contributed by atoms with Crippen LogP contribution in [0.5, 0.6) is 0 Å². The maximum absolute atomic E-state index is 6.58. The second kappa shape index (κ2) is 11.4. The minimum Gasteiger partial charge on any atom is -0.456 e. The van der Waals surface area contributed by atoms with Gasteiger partial charge in [-0.1, -0.05) is 140 Å². The predicted octanol–water partition coefficient (Wildman–Crippen LogP) is 10.4. The molecule has 2 N–H and O–H groups in total. The van der Waals surface area contributed by atoms with Crippen LogP contribution in [0, 0.1) is 0 Å². The van der Waals surface area contributed by atoms with Gasteiger partial charge in [-0.3, -0.25) is 5.32 Å². The van der Waals surface area contributed by atoms with Crippen molar-refractivity contribution < 1.29 is 4.42 Å². The summed E-state index contributed by atoms with van der Waals surface area (Å²) in [4.78, 5) is 5.06. The Kier molecular flexibility index (Phi) is 6.65. The Balaban J connectivity index is 1.15. The zero-order chi connectivity index (χ0) is 31.2. The molecular weight excluding hydrogens is 574 g/mol. The number of amidine groups is 1. The zero-order valence-electron chi connectivity index (χ0n) is 25.6. The van der Waals surface area contributed by atoms with E-state index < -0.39 is 0 Å². The molecule has 2 atom stereocenters. The molecule has 0 bridgehead atoms. The average molecular weight is 606 g/mol. The van der Waals surface area contributed by atoms with Gasteiger partial charge in [0, 0.05) is 16.3 Å². The van der Waals surface area contributed by atoms with Gasteiger partial charge in [0.2, 0.25) is 0 Å². The number of nitrogens with one attached hydrogen (secondary N) is 2. The van der Waals surface area contributed by atoms with E-state index in [-0.39, 0.29) is 12.3 Å². The molecular formula is C43H31N3O. The van der Waals surface area contributed by atoms with Crippen molar-refractivity contribution >= 4 is 38.5 Å². The van der Waals surface area contributed by atoms with Crippen LogP contribution in [0.3, 0.4) is 0 Å². The fourth-order valence-corrected chi connectivity index (χ4v) is 6.75. The van der Waals surface area contributed by atoms with Crippen molar-refractivity contribution in [3.8, 4) is 22.3 Å². The molecule has 1 aromatic heterocycles. The first kappa shape index (κ1) is 27.3. The number of furan rings is 1. The van der Waals surface area contributed by atoms with E-state index in [0.29, 0.717) is 0 Å². The van der Waals surface area contributed by atoms with Crippen LogP contribution in [-0.4, -0.2) is 5.84 Å². The summed E-state index contributed by atoms with van der Waals surface area (Å²) in [6, 6.07) is 57.5. The highest BCUT2D eigenvalue weighted by Gasteiger charge is 2.25. The van der Waals surface area contributed by atoms with E-state index in [9.17, 15) is 0 Å². The summed E-state index contributed by atoms with van der Waals surface area (Å²) in [5.41, 5.74) is 9.70. The van der Waals surface area contributed by atoms with E-state index in [1.54, 1.807) is 0 Å². The molecule has 0 spiro atoms. The Bertz CT molecular complexity index is 2400. The van der Waals surface area contributed by atoms with E-state index in [0.717, 1.165) is 66.7 Å². The summed E-state index contributed by atoms with van der Waals surface area (Å²) in [5, 5.41) is 12.0. The Morgan fingerprint density at radius 1 is 0.489 bits per heavy atom. The molecule has 4 nitrogen and oxygen atoms in total. The van der Waals surface area contributed by atoms with Crippen LogP contribution in [0.4, 0.5) is 0 Å². The molecule has 47 heavy (non-hydrogen) atoms. The Hall–Kier alpha value is -5.97. The topological polar surface area (TPSA) is 49.6 Å². The molecule has 0 amide bonds. The lowest BCUT2D eigenvalue weighted by atomic mass is 9.93. The van der Waals surface area contributed by atoms with Gasteiger partial charge in [0.25, 0.3) is 0 Å². The molecule has 1 aliphatic heterocycles. The van der Waals surface area contributed by atoms with Crippen molar-refractivity contribution in [2.75, 3.05) is 0 Å². The molecule has 0 saturated carbocycles. The van der Waals surface area contributed by atoms with Gasteiger partial charge in [0.1, 0.15) is 29.3 Å². The third-order valence-corrected chi connectivity index (χ3v) is 9.13. The SMILES string of the molecule is c1ccc(C2=NC(c3ccccc3)NC(c3ccc(-c4cc(-c5ccccc5)cc5oc6cc7ccccc7cc6c45)cc3)N2)cc1. The highest BCUT2D eigenvalue weighted by atomic mass is 16.3. The molecule has 8 aromatic rings. The minimum absolute atomic E-state index is 0.126. The van der Waals surface area contributed by atoms with Crippen molar-refractivity contribution in [2.24, 2.45) is 4.99 Å². The summed E-state index contributed by atoms with van der Waals surface area (Å²) in [6.07, 6.45) is -0.301. The lowest BCUT2D eigenvalue weighted by Crippen LogP contribution is -2.44. The van der Waals surface area contributed by atoms with Crippen molar-refractivity contribution in [3.05, 3.63) is 180 Å². The van der Waals surface area contributed by atoms with Crippen molar-refractivity contribution in [1.82, 2.24) is 10.6 Å². The quantitative estimate of drug-likeness (QED) is 0.205. The number of hydrogen-bond acceptors (Lipinski definition) is 4. The van der Waals surface area contributed by atoms with Crippen molar-refractivity contribution in [1.29, 1.82) is 0 Å². The average Bonchev–Trinajstić information content (AvgIpc) is 3.51. The van der Waals surface area contributed by atoms with Gasteiger partial charge >= 0.3 is 0 Å². The monoisotopic (exact) mass is 605 g/mol. The van der Waals surface area contributed by atoms with Gasteiger partial charge in [-0.15, -0.1) is 0 Å². The van der Waals surface area contributed by atoms with Gasteiger partial charge in [-0.25, -0.2) is 4.99 Å². The number of fused-ring (bicyclic) bond motifs is 4. The summed E-state index contributed by atoms with van der Waals surface area (Å²) in [7, 11) is 0. The number of hydrogen-bond donors (Lipinski definition) is 2. The van der Waals surface area contributed by atoms with E-state index in [1.165, 1.54) is 10.8 Å².